The van der Waals surface area contributed by atoms with Gasteiger partial charge < -0.3 is 44.5 Å². The van der Waals surface area contributed by atoms with Gasteiger partial charge in [-0.2, -0.15) is 0 Å². The molecule has 4 aliphatic heterocycles. The molecule has 1 fully saturated rings. The van der Waals surface area contributed by atoms with Crippen molar-refractivity contribution in [2.24, 2.45) is 0 Å². The first-order valence-corrected chi connectivity index (χ1v) is 15.9. The Labute approximate surface area is 277 Å². The number of ether oxygens (including phenoxy) is 5. The van der Waals surface area contributed by atoms with Gasteiger partial charge in [0.2, 0.25) is 12.7 Å². The highest BCUT2D eigenvalue weighted by Crippen LogP contribution is 2.33. The summed E-state index contributed by atoms with van der Waals surface area (Å²) in [6, 6.07) is 16.8. The number of amides is 4. The summed E-state index contributed by atoms with van der Waals surface area (Å²) in [5, 5.41) is 8.64. The molecule has 3 aromatic rings. The van der Waals surface area contributed by atoms with E-state index < -0.39 is 24.0 Å². The van der Waals surface area contributed by atoms with Crippen LogP contribution in [0.4, 0.5) is 0 Å². The second-order valence-corrected chi connectivity index (χ2v) is 11.8. The zero-order valence-corrected chi connectivity index (χ0v) is 26.6. The number of carbonyl (C=O) groups is 4. The molecule has 1 saturated heterocycles. The van der Waals surface area contributed by atoms with Gasteiger partial charge >= 0.3 is 0 Å². The highest BCUT2D eigenvalue weighted by atomic mass is 16.7. The first-order chi connectivity index (χ1) is 23.3. The largest absolute Gasteiger partial charge is 0.486 e. The molecule has 7 rings (SSSR count). The van der Waals surface area contributed by atoms with Crippen molar-refractivity contribution in [3.05, 3.63) is 82.9 Å². The Morgan fingerprint density at radius 1 is 0.958 bits per heavy atom. The highest BCUT2D eigenvalue weighted by Gasteiger charge is 2.38. The van der Waals surface area contributed by atoms with Gasteiger partial charge in [-0.15, -0.1) is 0 Å². The van der Waals surface area contributed by atoms with Crippen molar-refractivity contribution >= 4 is 23.6 Å². The van der Waals surface area contributed by atoms with Gasteiger partial charge in [-0.25, -0.2) is 0 Å². The smallest absolute Gasteiger partial charge is 0.258 e. The lowest BCUT2D eigenvalue weighted by molar-refractivity contribution is -0.130. The summed E-state index contributed by atoms with van der Waals surface area (Å²) in [5.74, 6) is 0.781. The molecule has 48 heavy (non-hydrogen) atoms. The number of rotatable bonds is 8. The molecule has 2 atom stereocenters. The van der Waals surface area contributed by atoms with Crippen LogP contribution in [0.5, 0.6) is 23.0 Å². The Hall–Kier alpha value is -5.30. The van der Waals surface area contributed by atoms with Crippen LogP contribution in [0.15, 0.2) is 60.7 Å². The summed E-state index contributed by atoms with van der Waals surface area (Å²) in [4.78, 5) is 54.4. The van der Waals surface area contributed by atoms with E-state index >= 15 is 0 Å². The zero-order valence-electron chi connectivity index (χ0n) is 26.6. The van der Waals surface area contributed by atoms with Gasteiger partial charge in [-0.3, -0.25) is 19.2 Å². The topological polar surface area (TPSA) is 154 Å². The van der Waals surface area contributed by atoms with Crippen LogP contribution in [-0.4, -0.2) is 87.4 Å². The maximum atomic E-state index is 13.7. The molecular weight excluding hydrogens is 620 g/mol. The van der Waals surface area contributed by atoms with E-state index in [1.54, 1.807) is 24.1 Å². The molecule has 4 amide bonds. The average molecular weight is 659 g/mol. The first kappa shape index (κ1) is 32.6. The van der Waals surface area contributed by atoms with Crippen molar-refractivity contribution in [3.8, 4) is 23.0 Å². The van der Waals surface area contributed by atoms with Crippen LogP contribution < -0.4 is 34.9 Å². The van der Waals surface area contributed by atoms with Gasteiger partial charge in [0.1, 0.15) is 17.6 Å². The molecule has 0 saturated carbocycles. The highest BCUT2D eigenvalue weighted by molar-refractivity contribution is 6.00. The number of likely N-dealkylation sites (tertiary alicyclic amines) is 1. The molecule has 4 bridgehead atoms. The third-order valence-corrected chi connectivity index (χ3v) is 8.31. The summed E-state index contributed by atoms with van der Waals surface area (Å²) in [6.45, 7) is 1.50. The van der Waals surface area contributed by atoms with Crippen molar-refractivity contribution in [1.82, 2.24) is 20.9 Å². The molecule has 0 radical (unpaired) electrons. The summed E-state index contributed by atoms with van der Waals surface area (Å²) >= 11 is 0. The number of carbonyl (C=O) groups excluding carboxylic acids is 4. The van der Waals surface area contributed by atoms with Gasteiger partial charge in [0.05, 0.1) is 12.6 Å². The van der Waals surface area contributed by atoms with Gasteiger partial charge in [-0.05, 0) is 66.4 Å². The van der Waals surface area contributed by atoms with E-state index in [2.05, 4.69) is 16.0 Å². The minimum absolute atomic E-state index is 0.0749. The molecule has 252 valence electrons. The standard InChI is InChI=1S/C35H38N4O9/c1-44-12-2-11-36-34(42)24-14-25-16-27(15-24)45-20-32(40)37-17-23-3-7-26(8-4-23)48-31-19-39(18-28(31)38-35(25)43)33(41)10-6-22-5-9-29-30(13-22)47-21-46-29/h3-5,7-9,13-16,28,31H,2,6,10-12,17-21H2,1H3,(H,36,42)(H,37,40)(H,38,43)/t28-,31-/m0/s1. The molecular formula is C35H38N4O9. The average Bonchev–Trinajstić information content (AvgIpc) is 3.74. The van der Waals surface area contributed by atoms with Crippen LogP contribution in [0.3, 0.4) is 0 Å². The lowest BCUT2D eigenvalue weighted by atomic mass is 10.1. The summed E-state index contributed by atoms with van der Waals surface area (Å²) < 4.78 is 28.0. The van der Waals surface area contributed by atoms with Crippen molar-refractivity contribution in [2.45, 2.75) is 38.0 Å². The van der Waals surface area contributed by atoms with Crippen molar-refractivity contribution < 1.29 is 42.9 Å². The predicted octanol–water partition coefficient (Wildman–Crippen LogP) is 2.21. The van der Waals surface area contributed by atoms with E-state index in [9.17, 15) is 19.2 Å². The molecule has 3 aromatic carbocycles. The van der Waals surface area contributed by atoms with Gasteiger partial charge in [-0.1, -0.05) is 18.2 Å². The van der Waals surface area contributed by atoms with Crippen molar-refractivity contribution in [1.29, 1.82) is 0 Å². The molecule has 0 aromatic heterocycles. The Morgan fingerprint density at radius 3 is 2.62 bits per heavy atom. The Kier molecular flexibility index (Phi) is 10.2. The van der Waals surface area contributed by atoms with Gasteiger partial charge in [0, 0.05) is 50.9 Å². The normalized spacial score (nSPS) is 18.6. The van der Waals surface area contributed by atoms with Crippen LogP contribution >= 0.6 is 0 Å². The molecule has 4 heterocycles. The number of nitrogens with one attached hydrogen (secondary N) is 3. The van der Waals surface area contributed by atoms with Crippen molar-refractivity contribution in [2.75, 3.05) is 46.8 Å². The number of nitrogens with zero attached hydrogens (tertiary/aromatic N) is 1. The summed E-state index contributed by atoms with van der Waals surface area (Å²) in [7, 11) is 1.58. The van der Waals surface area contributed by atoms with Crippen LogP contribution in [0.25, 0.3) is 0 Å². The number of aryl methyl sites for hydroxylation is 1. The Balaban J connectivity index is 1.21. The van der Waals surface area contributed by atoms with E-state index in [1.165, 1.54) is 18.2 Å². The number of benzene rings is 3. The molecule has 0 unspecified atom stereocenters. The second-order valence-electron chi connectivity index (χ2n) is 11.8. The molecule has 13 nitrogen and oxygen atoms in total. The van der Waals surface area contributed by atoms with E-state index in [0.717, 1.165) is 11.1 Å². The minimum atomic E-state index is -0.554. The molecule has 0 spiro atoms. The number of methoxy groups -OCH3 is 1. The third kappa shape index (κ3) is 8.15. The van der Waals surface area contributed by atoms with Crippen LogP contribution in [0.2, 0.25) is 0 Å². The maximum Gasteiger partial charge on any atom is 0.258 e. The van der Waals surface area contributed by atoms with Crippen molar-refractivity contribution in [3.63, 3.8) is 0 Å². The lowest BCUT2D eigenvalue weighted by Gasteiger charge is -2.21. The minimum Gasteiger partial charge on any atom is -0.486 e. The fourth-order valence-electron chi connectivity index (χ4n) is 5.72. The van der Waals surface area contributed by atoms with Crippen LogP contribution in [0, 0.1) is 0 Å². The number of hydrogen-bond donors (Lipinski definition) is 3. The third-order valence-electron chi connectivity index (χ3n) is 8.31. The van der Waals surface area contributed by atoms with E-state index in [4.69, 9.17) is 23.7 Å². The summed E-state index contributed by atoms with van der Waals surface area (Å²) in [5.41, 5.74) is 2.17. The Bertz CT molecular complexity index is 1660. The van der Waals surface area contributed by atoms with E-state index in [-0.39, 0.29) is 68.1 Å². The first-order valence-electron chi connectivity index (χ1n) is 15.9. The second kappa shape index (κ2) is 15.1. The quantitative estimate of drug-likeness (QED) is 0.309. The van der Waals surface area contributed by atoms with Gasteiger partial charge in [0.15, 0.2) is 18.1 Å². The maximum absolute atomic E-state index is 13.7. The summed E-state index contributed by atoms with van der Waals surface area (Å²) in [6.07, 6.45) is 0.834. The number of hydrogen-bond acceptors (Lipinski definition) is 9. The van der Waals surface area contributed by atoms with E-state index in [0.29, 0.717) is 43.2 Å². The fourth-order valence-corrected chi connectivity index (χ4v) is 5.72. The number of fused-ring (bicyclic) bond motifs is 8. The molecule has 3 N–H and O–H groups in total. The van der Waals surface area contributed by atoms with Crippen LogP contribution in [-0.2, 0) is 27.3 Å². The lowest BCUT2D eigenvalue weighted by Crippen LogP contribution is -2.45. The van der Waals surface area contributed by atoms with E-state index in [1.807, 2.05) is 30.3 Å². The monoisotopic (exact) mass is 658 g/mol. The molecule has 0 aliphatic carbocycles. The van der Waals surface area contributed by atoms with Gasteiger partial charge in [0.25, 0.3) is 17.7 Å². The fraction of sp³-hybridized carbons (Fsp3) is 0.371. The zero-order chi connectivity index (χ0) is 33.5. The Morgan fingerprint density at radius 2 is 1.79 bits per heavy atom. The molecule has 4 aliphatic rings. The molecule has 13 heteroatoms. The van der Waals surface area contributed by atoms with Crippen LogP contribution in [0.1, 0.15) is 44.7 Å². The predicted molar refractivity (Wildman–Crippen MR) is 172 cm³/mol. The SMILES string of the molecule is COCCCNC(=O)c1cc2cc(c1)C(=O)N[C@H]1CN(C(=O)CCc3ccc4c(c3)OCO4)C[C@@H]1Oc1ccc(cc1)CNC(=O)CO2.